The number of ether oxygens (including phenoxy) is 2. The number of Topliss-reactive ketones (excluding diaryl/α,β-unsaturated/α-hetero) is 1. The molecule has 0 bridgehead atoms. The highest BCUT2D eigenvalue weighted by Crippen LogP contribution is 2.45. The lowest BCUT2D eigenvalue weighted by atomic mass is 9.94. The zero-order valence-corrected chi connectivity index (χ0v) is 19.7. The predicted octanol–water partition coefficient (Wildman–Crippen LogP) is 5.13. The number of ketones is 1. The minimum absolute atomic E-state index is 0.0467. The lowest BCUT2D eigenvalue weighted by Gasteiger charge is -2.25. The van der Waals surface area contributed by atoms with Crippen molar-refractivity contribution in [2.24, 2.45) is 0 Å². The van der Waals surface area contributed by atoms with Gasteiger partial charge in [0, 0.05) is 46.4 Å². The van der Waals surface area contributed by atoms with E-state index in [1.165, 1.54) is 4.90 Å². The van der Waals surface area contributed by atoms with Crippen molar-refractivity contribution in [1.82, 2.24) is 4.98 Å². The van der Waals surface area contributed by atoms with Crippen molar-refractivity contribution >= 4 is 34.0 Å². The fraction of sp³-hybridized carbons (Fsp3) is 0.172. The average molecular weight is 481 g/mol. The van der Waals surface area contributed by atoms with E-state index in [1.807, 2.05) is 37.3 Å². The Labute approximate surface area is 207 Å². The Morgan fingerprint density at radius 1 is 1.11 bits per heavy atom. The molecule has 4 aromatic rings. The van der Waals surface area contributed by atoms with Crippen molar-refractivity contribution in [3.8, 4) is 11.5 Å². The molecule has 1 fully saturated rings. The first-order valence-corrected chi connectivity index (χ1v) is 11.9. The first-order valence-electron chi connectivity index (χ1n) is 11.9. The van der Waals surface area contributed by atoms with Gasteiger partial charge in [0.1, 0.15) is 17.3 Å². The average Bonchev–Trinajstić information content (AvgIpc) is 3.60. The van der Waals surface area contributed by atoms with Gasteiger partial charge < -0.3 is 19.6 Å². The number of nitrogens with one attached hydrogen (secondary N) is 1. The second kappa shape index (κ2) is 8.61. The molecule has 3 heterocycles. The second-order valence-electron chi connectivity index (χ2n) is 8.81. The van der Waals surface area contributed by atoms with Crippen LogP contribution in [-0.4, -0.2) is 35.0 Å². The number of carbonyl (C=O) groups excluding carboxylic acids is 2. The number of amides is 1. The highest BCUT2D eigenvalue weighted by atomic mass is 16.5. The lowest BCUT2D eigenvalue weighted by Crippen LogP contribution is -2.29. The molecule has 7 nitrogen and oxygen atoms in total. The normalized spacial score (nSPS) is 18.5. The van der Waals surface area contributed by atoms with E-state index in [1.54, 1.807) is 42.6 Å². The summed E-state index contributed by atoms with van der Waals surface area (Å²) >= 11 is 0. The number of rotatable bonds is 5. The minimum atomic E-state index is -0.831. The molecule has 2 aliphatic heterocycles. The summed E-state index contributed by atoms with van der Waals surface area (Å²) in [5.74, 6) is -0.283. The summed E-state index contributed by atoms with van der Waals surface area (Å²) in [6.45, 7) is 2.93. The summed E-state index contributed by atoms with van der Waals surface area (Å²) < 4.78 is 11.2. The molecule has 1 saturated heterocycles. The number of anilines is 1. The predicted molar refractivity (Wildman–Crippen MR) is 136 cm³/mol. The van der Waals surface area contributed by atoms with Crippen molar-refractivity contribution < 1.29 is 24.2 Å². The Kier molecular flexibility index (Phi) is 5.25. The fourth-order valence-electron chi connectivity index (χ4n) is 5.09. The highest BCUT2D eigenvalue weighted by molar-refractivity contribution is 6.52. The summed E-state index contributed by atoms with van der Waals surface area (Å²) in [5.41, 5.74) is 3.59. The van der Waals surface area contributed by atoms with Crippen molar-refractivity contribution in [2.75, 3.05) is 18.1 Å². The van der Waals surface area contributed by atoms with Crippen molar-refractivity contribution in [3.05, 3.63) is 95.2 Å². The highest BCUT2D eigenvalue weighted by Gasteiger charge is 2.47. The van der Waals surface area contributed by atoms with E-state index in [9.17, 15) is 14.7 Å². The molecular formula is C29H24N2O5. The molecule has 0 radical (unpaired) electrons. The van der Waals surface area contributed by atoms with E-state index < -0.39 is 17.7 Å². The van der Waals surface area contributed by atoms with Gasteiger partial charge in [0.2, 0.25) is 0 Å². The van der Waals surface area contributed by atoms with Gasteiger partial charge in [-0.05, 0) is 48.9 Å². The van der Waals surface area contributed by atoms with Crippen molar-refractivity contribution in [1.29, 1.82) is 0 Å². The molecule has 6 rings (SSSR count). The number of hydrogen-bond donors (Lipinski definition) is 2. The summed E-state index contributed by atoms with van der Waals surface area (Å²) in [6.07, 6.45) is 2.52. The smallest absolute Gasteiger partial charge is 0.300 e. The molecule has 180 valence electrons. The van der Waals surface area contributed by atoms with E-state index in [-0.39, 0.29) is 11.3 Å². The second-order valence-corrected chi connectivity index (χ2v) is 8.81. The number of H-pyrrole nitrogens is 1. The number of aliphatic hydroxyl groups excluding tert-OH is 1. The van der Waals surface area contributed by atoms with Gasteiger partial charge in [0.25, 0.3) is 11.7 Å². The number of fused-ring (bicyclic) bond motifs is 2. The van der Waals surface area contributed by atoms with Crippen molar-refractivity contribution in [3.63, 3.8) is 0 Å². The number of carbonyl (C=O) groups is 2. The van der Waals surface area contributed by atoms with Gasteiger partial charge in [-0.25, -0.2) is 0 Å². The lowest BCUT2D eigenvalue weighted by molar-refractivity contribution is -0.132. The third-order valence-corrected chi connectivity index (χ3v) is 6.73. The number of aliphatic hydroxyl groups is 1. The molecule has 36 heavy (non-hydrogen) atoms. The maximum atomic E-state index is 13.5. The Morgan fingerprint density at radius 3 is 2.83 bits per heavy atom. The number of nitrogens with zero attached hydrogens (tertiary/aromatic N) is 1. The Balaban J connectivity index is 1.57. The van der Waals surface area contributed by atoms with Crippen LogP contribution in [0.4, 0.5) is 5.69 Å². The van der Waals surface area contributed by atoms with Gasteiger partial charge in [-0.1, -0.05) is 24.3 Å². The van der Waals surface area contributed by atoms with E-state index in [4.69, 9.17) is 9.47 Å². The van der Waals surface area contributed by atoms with Gasteiger partial charge in [0.15, 0.2) is 0 Å². The Morgan fingerprint density at radius 2 is 1.97 bits per heavy atom. The molecule has 0 saturated carbocycles. The van der Waals surface area contributed by atoms with Crippen LogP contribution in [0.15, 0.2) is 78.5 Å². The fourth-order valence-corrected chi connectivity index (χ4v) is 5.09. The quantitative estimate of drug-likeness (QED) is 0.235. The first-order chi connectivity index (χ1) is 17.6. The van der Waals surface area contributed by atoms with Crippen LogP contribution in [0.2, 0.25) is 0 Å². The van der Waals surface area contributed by atoms with E-state index in [0.717, 1.165) is 34.2 Å². The molecule has 0 spiro atoms. The van der Waals surface area contributed by atoms with Crippen molar-refractivity contribution in [2.45, 2.75) is 19.4 Å². The van der Waals surface area contributed by atoms with Gasteiger partial charge >= 0.3 is 0 Å². The van der Waals surface area contributed by atoms with Crippen LogP contribution in [-0.2, 0) is 16.0 Å². The van der Waals surface area contributed by atoms with Crippen LogP contribution >= 0.6 is 0 Å². The van der Waals surface area contributed by atoms with Gasteiger partial charge in [-0.2, -0.15) is 0 Å². The van der Waals surface area contributed by atoms with Gasteiger partial charge in [-0.3, -0.25) is 14.5 Å². The third-order valence-electron chi connectivity index (χ3n) is 6.73. The Bertz CT molecular complexity index is 1550. The van der Waals surface area contributed by atoms with Crippen LogP contribution in [0.1, 0.15) is 29.7 Å². The summed E-state index contributed by atoms with van der Waals surface area (Å²) in [6, 6.07) is 19.3. The topological polar surface area (TPSA) is 91.9 Å². The maximum Gasteiger partial charge on any atom is 0.300 e. The number of benzene rings is 3. The summed E-state index contributed by atoms with van der Waals surface area (Å²) in [4.78, 5) is 31.7. The van der Waals surface area contributed by atoms with Crippen LogP contribution < -0.4 is 14.4 Å². The summed E-state index contributed by atoms with van der Waals surface area (Å²) in [7, 11) is 0. The SMILES string of the molecule is CCOc1cccc(N2C(=O)C(=O)/C(=C(/O)c3ccc4c(c3)CCO4)C2c2c[nH]c3ccccc23)c1. The molecule has 3 aromatic carbocycles. The van der Waals surface area contributed by atoms with Crippen LogP contribution in [0, 0.1) is 0 Å². The molecule has 2 aliphatic rings. The number of para-hydroxylation sites is 1. The first kappa shape index (κ1) is 22.0. The number of aromatic nitrogens is 1. The molecular weight excluding hydrogens is 456 g/mol. The maximum absolute atomic E-state index is 13.5. The molecule has 1 atom stereocenters. The standard InChI is InChI=1S/C29H24N2O5/c1-2-35-20-7-5-6-19(15-20)31-26(22-16-30-23-9-4-3-8-21(22)23)25(28(33)29(31)34)27(32)18-10-11-24-17(14-18)12-13-36-24/h3-11,14-16,26,30,32H,2,12-13H2,1H3/b27-25+. The van der Waals surface area contributed by atoms with E-state index in [2.05, 4.69) is 4.98 Å². The Hall–Kier alpha value is -4.52. The minimum Gasteiger partial charge on any atom is -0.507 e. The zero-order valence-electron chi connectivity index (χ0n) is 19.7. The van der Waals surface area contributed by atoms with E-state index in [0.29, 0.717) is 30.2 Å². The molecule has 1 aromatic heterocycles. The van der Waals surface area contributed by atoms with Gasteiger partial charge in [0.05, 0.1) is 24.8 Å². The molecule has 2 N–H and O–H groups in total. The van der Waals surface area contributed by atoms with Gasteiger partial charge in [-0.15, -0.1) is 0 Å². The van der Waals surface area contributed by atoms with Crippen LogP contribution in [0.25, 0.3) is 16.7 Å². The molecule has 1 unspecified atom stereocenters. The zero-order chi connectivity index (χ0) is 24.8. The molecule has 1 amide bonds. The number of aromatic amines is 1. The summed E-state index contributed by atoms with van der Waals surface area (Å²) in [5, 5.41) is 12.4. The number of hydrogen-bond acceptors (Lipinski definition) is 5. The van der Waals surface area contributed by atoms with Crippen LogP contribution in [0.5, 0.6) is 11.5 Å². The molecule has 7 heteroatoms. The monoisotopic (exact) mass is 480 g/mol. The van der Waals surface area contributed by atoms with Crippen LogP contribution in [0.3, 0.4) is 0 Å². The molecule has 0 aliphatic carbocycles. The van der Waals surface area contributed by atoms with E-state index >= 15 is 0 Å². The third kappa shape index (κ3) is 3.43. The largest absolute Gasteiger partial charge is 0.507 e.